The van der Waals surface area contributed by atoms with Crippen molar-refractivity contribution in [3.8, 4) is 0 Å². The Balaban J connectivity index is 2.42. The minimum atomic E-state index is -1.54. The van der Waals surface area contributed by atoms with Crippen LogP contribution in [0.1, 0.15) is 58.4 Å². The Hall–Kier alpha value is -2.17. The zero-order valence-corrected chi connectivity index (χ0v) is 16.5. The van der Waals surface area contributed by atoms with Gasteiger partial charge >= 0.3 is 11.9 Å². The highest BCUT2D eigenvalue weighted by atomic mass is 16.6. The Bertz CT molecular complexity index is 630. The van der Waals surface area contributed by atoms with Crippen molar-refractivity contribution in [2.75, 3.05) is 13.2 Å². The molecule has 5 heteroatoms. The average molecular weight is 374 g/mol. The normalized spacial score (nSPS) is 16.7. The average Bonchev–Trinajstić information content (AvgIpc) is 3.15. The highest BCUT2D eigenvalue weighted by Gasteiger charge is 2.48. The quantitative estimate of drug-likeness (QED) is 0.485. The number of esters is 2. The van der Waals surface area contributed by atoms with Crippen molar-refractivity contribution in [2.45, 2.75) is 58.3 Å². The molecule has 1 atom stereocenters. The molecule has 0 aromatic heterocycles. The Morgan fingerprint density at radius 2 is 1.52 bits per heavy atom. The molecule has 1 aliphatic rings. The molecule has 1 unspecified atom stereocenters. The van der Waals surface area contributed by atoms with Gasteiger partial charge in [0.25, 0.3) is 0 Å². The van der Waals surface area contributed by atoms with E-state index in [0.29, 0.717) is 12.3 Å². The first kappa shape index (κ1) is 21.1. The number of Topliss-reactive ketones (excluding diaryl/α,β-unsaturated/α-hetero) is 1. The van der Waals surface area contributed by atoms with Gasteiger partial charge in [-0.1, -0.05) is 56.0 Å². The van der Waals surface area contributed by atoms with Crippen molar-refractivity contribution in [2.24, 2.45) is 11.8 Å². The van der Waals surface area contributed by atoms with Gasteiger partial charge in [0, 0.05) is 0 Å². The first-order valence-electron chi connectivity index (χ1n) is 9.87. The number of rotatable bonds is 9. The maximum Gasteiger partial charge on any atom is 0.328 e. The minimum Gasteiger partial charge on any atom is -0.465 e. The van der Waals surface area contributed by atoms with E-state index in [1.165, 1.54) is 0 Å². The third kappa shape index (κ3) is 4.96. The molecule has 0 heterocycles. The van der Waals surface area contributed by atoms with E-state index in [9.17, 15) is 14.4 Å². The molecule has 5 nitrogen and oxygen atoms in total. The van der Waals surface area contributed by atoms with Gasteiger partial charge in [0.15, 0.2) is 5.78 Å². The first-order chi connectivity index (χ1) is 12.9. The monoisotopic (exact) mass is 374 g/mol. The van der Waals surface area contributed by atoms with Gasteiger partial charge in [-0.05, 0) is 38.7 Å². The molecule has 2 rings (SSSR count). The molecule has 27 heavy (non-hydrogen) atoms. The lowest BCUT2D eigenvalue weighted by molar-refractivity contribution is -0.165. The van der Waals surface area contributed by atoms with Gasteiger partial charge in [0.05, 0.1) is 18.6 Å². The fourth-order valence-electron chi connectivity index (χ4n) is 4.04. The highest BCUT2D eigenvalue weighted by molar-refractivity contribution is 6.18. The lowest BCUT2D eigenvalue weighted by Gasteiger charge is -2.33. The Kier molecular flexibility index (Phi) is 7.57. The third-order valence-electron chi connectivity index (χ3n) is 5.43. The van der Waals surface area contributed by atoms with Gasteiger partial charge in [0.1, 0.15) is 0 Å². The maximum atomic E-state index is 13.6. The summed E-state index contributed by atoms with van der Waals surface area (Å²) in [4.78, 5) is 38.5. The molecule has 1 saturated carbocycles. The maximum absolute atomic E-state index is 13.6. The van der Waals surface area contributed by atoms with Crippen LogP contribution in [0.2, 0.25) is 0 Å². The summed E-state index contributed by atoms with van der Waals surface area (Å²) in [6, 6.07) is 9.41. The second kappa shape index (κ2) is 9.67. The number of hydrogen-bond donors (Lipinski definition) is 0. The molecule has 1 aromatic rings. The summed E-state index contributed by atoms with van der Waals surface area (Å²) < 4.78 is 10.1. The summed E-state index contributed by atoms with van der Waals surface area (Å²) in [7, 11) is 0. The highest BCUT2D eigenvalue weighted by Crippen LogP contribution is 2.40. The fourth-order valence-corrected chi connectivity index (χ4v) is 4.04. The molecule has 148 valence electrons. The van der Waals surface area contributed by atoms with Crippen LogP contribution in [0.3, 0.4) is 0 Å². The van der Waals surface area contributed by atoms with Crippen LogP contribution >= 0.6 is 0 Å². The molecule has 0 amide bonds. The summed E-state index contributed by atoms with van der Waals surface area (Å²) in [6.45, 7) is 5.35. The molecule has 0 spiro atoms. The van der Waals surface area contributed by atoms with Gasteiger partial charge in [-0.2, -0.15) is 0 Å². The van der Waals surface area contributed by atoms with Crippen LogP contribution in [-0.2, 0) is 29.3 Å². The van der Waals surface area contributed by atoms with Crippen LogP contribution < -0.4 is 0 Å². The third-order valence-corrected chi connectivity index (χ3v) is 5.43. The van der Waals surface area contributed by atoms with E-state index in [2.05, 4.69) is 0 Å². The lowest BCUT2D eigenvalue weighted by Crippen LogP contribution is -2.46. The molecular weight excluding hydrogens is 344 g/mol. The summed E-state index contributed by atoms with van der Waals surface area (Å²) >= 11 is 0. The van der Waals surface area contributed by atoms with Crippen molar-refractivity contribution in [1.29, 1.82) is 0 Å². The van der Waals surface area contributed by atoms with Gasteiger partial charge < -0.3 is 9.47 Å². The van der Waals surface area contributed by atoms with Crippen LogP contribution in [-0.4, -0.2) is 30.9 Å². The first-order valence-corrected chi connectivity index (χ1v) is 9.87. The zero-order valence-electron chi connectivity index (χ0n) is 16.5. The minimum absolute atomic E-state index is 0.104. The van der Waals surface area contributed by atoms with E-state index < -0.39 is 29.1 Å². The van der Waals surface area contributed by atoms with Gasteiger partial charge in [-0.25, -0.2) is 0 Å². The van der Waals surface area contributed by atoms with E-state index >= 15 is 0 Å². The van der Waals surface area contributed by atoms with Crippen LogP contribution in [0, 0.1) is 11.8 Å². The number of benzene rings is 1. The number of ketones is 1. The molecule has 0 bridgehead atoms. The molecule has 0 radical (unpaired) electrons. The van der Waals surface area contributed by atoms with E-state index in [1.807, 2.05) is 37.3 Å². The van der Waals surface area contributed by atoms with E-state index in [1.54, 1.807) is 13.8 Å². The predicted octanol–water partition coefficient (Wildman–Crippen LogP) is 3.84. The molecule has 0 N–H and O–H groups in total. The summed E-state index contributed by atoms with van der Waals surface area (Å²) in [6.07, 6.45) is 5.06. The zero-order chi connectivity index (χ0) is 19.9. The van der Waals surface area contributed by atoms with E-state index in [4.69, 9.17) is 9.47 Å². The molecule has 1 fully saturated rings. The van der Waals surface area contributed by atoms with Crippen molar-refractivity contribution in [3.05, 3.63) is 35.9 Å². The van der Waals surface area contributed by atoms with Crippen molar-refractivity contribution >= 4 is 17.7 Å². The van der Waals surface area contributed by atoms with Crippen LogP contribution in [0.25, 0.3) is 0 Å². The standard InChI is InChI=1S/C22H30O5/c1-4-26-20(24)18(21(25)27-5-2)19(23)22(3,15-16-11-9-10-12-16)17-13-7-6-8-14-17/h6-8,13-14,16,18H,4-5,9-12,15H2,1-3H3. The Morgan fingerprint density at radius 1 is 1.00 bits per heavy atom. The van der Waals surface area contributed by atoms with Crippen LogP contribution in [0.15, 0.2) is 30.3 Å². The second-order valence-corrected chi connectivity index (χ2v) is 7.35. The summed E-state index contributed by atoms with van der Waals surface area (Å²) in [5.41, 5.74) is -0.124. The van der Waals surface area contributed by atoms with Gasteiger partial charge in [-0.15, -0.1) is 0 Å². The molecule has 1 aromatic carbocycles. The molecule has 0 saturated heterocycles. The number of ether oxygens (including phenoxy) is 2. The Morgan fingerprint density at radius 3 is 2.00 bits per heavy atom. The van der Waals surface area contributed by atoms with Crippen LogP contribution in [0.4, 0.5) is 0 Å². The lowest BCUT2D eigenvalue weighted by atomic mass is 9.68. The van der Waals surface area contributed by atoms with E-state index in [0.717, 1.165) is 31.2 Å². The van der Waals surface area contributed by atoms with Gasteiger partial charge in [-0.3, -0.25) is 14.4 Å². The largest absolute Gasteiger partial charge is 0.465 e. The van der Waals surface area contributed by atoms with Gasteiger partial charge in [0.2, 0.25) is 5.92 Å². The fraction of sp³-hybridized carbons (Fsp3) is 0.591. The second-order valence-electron chi connectivity index (χ2n) is 7.35. The van der Waals surface area contributed by atoms with Crippen molar-refractivity contribution < 1.29 is 23.9 Å². The SMILES string of the molecule is CCOC(=O)C(C(=O)OCC)C(=O)C(C)(CC1CCCC1)c1ccccc1. The molecule has 1 aliphatic carbocycles. The number of carbonyl (C=O) groups excluding carboxylic acids is 3. The summed E-state index contributed by atoms with van der Waals surface area (Å²) in [5.74, 6) is -3.22. The van der Waals surface area contributed by atoms with E-state index in [-0.39, 0.29) is 13.2 Å². The Labute approximate surface area is 161 Å². The topological polar surface area (TPSA) is 69.7 Å². The smallest absolute Gasteiger partial charge is 0.328 e. The molecule has 0 aliphatic heterocycles. The number of hydrogen-bond acceptors (Lipinski definition) is 5. The van der Waals surface area contributed by atoms with Crippen molar-refractivity contribution in [1.82, 2.24) is 0 Å². The van der Waals surface area contributed by atoms with Crippen molar-refractivity contribution in [3.63, 3.8) is 0 Å². The predicted molar refractivity (Wildman–Crippen MR) is 102 cm³/mol. The van der Waals surface area contributed by atoms with Crippen LogP contribution in [0.5, 0.6) is 0 Å². The molecular formula is C22H30O5. The summed E-state index contributed by atoms with van der Waals surface area (Å²) in [5, 5.41) is 0. The number of carbonyl (C=O) groups is 3.